The molecule has 7 nitrogen and oxygen atoms in total. The summed E-state index contributed by atoms with van der Waals surface area (Å²) in [5.74, 6) is 1.60. The van der Waals surface area contributed by atoms with Gasteiger partial charge in [0.1, 0.15) is 41.3 Å². The number of benzene rings is 2. The number of phenols is 1. The van der Waals surface area contributed by atoms with E-state index in [1.54, 1.807) is 24.3 Å². The molecule has 1 unspecified atom stereocenters. The van der Waals surface area contributed by atoms with Crippen molar-refractivity contribution < 1.29 is 28.9 Å². The van der Waals surface area contributed by atoms with Crippen molar-refractivity contribution >= 4 is 16.8 Å². The molecule has 3 aromatic rings. The molecule has 1 aliphatic carbocycles. The number of ketones is 1. The summed E-state index contributed by atoms with van der Waals surface area (Å²) < 4.78 is 17.5. The molecule has 1 atom stereocenters. The van der Waals surface area contributed by atoms with Gasteiger partial charge in [-0.05, 0) is 67.8 Å². The number of Topliss-reactive ketones (excluding diaryl/α,β-unsaturated/α-hetero) is 1. The Kier molecular flexibility index (Phi) is 9.17. The maximum atomic E-state index is 12.1. The van der Waals surface area contributed by atoms with Crippen molar-refractivity contribution in [3.05, 3.63) is 59.9 Å². The van der Waals surface area contributed by atoms with Crippen LogP contribution in [0.1, 0.15) is 56.0 Å². The molecule has 0 radical (unpaired) electrons. The Labute approximate surface area is 206 Å². The van der Waals surface area contributed by atoms with Crippen LogP contribution in [0.15, 0.2) is 52.9 Å². The summed E-state index contributed by atoms with van der Waals surface area (Å²) in [5, 5.41) is 23.9. The summed E-state index contributed by atoms with van der Waals surface area (Å²) in [5.41, 5.74) is 1.60. The van der Waals surface area contributed by atoms with Crippen molar-refractivity contribution in [1.82, 2.24) is 5.32 Å². The number of rotatable bonds is 14. The summed E-state index contributed by atoms with van der Waals surface area (Å²) in [4.78, 5) is 12.1. The Morgan fingerprint density at radius 1 is 1.09 bits per heavy atom. The lowest BCUT2D eigenvalue weighted by molar-refractivity contribution is -0.118. The maximum Gasteiger partial charge on any atom is 0.137 e. The van der Waals surface area contributed by atoms with Gasteiger partial charge in [-0.1, -0.05) is 25.0 Å². The molecule has 1 fully saturated rings. The number of hydrogen-bond donors (Lipinski definition) is 3. The third kappa shape index (κ3) is 7.82. The van der Waals surface area contributed by atoms with Gasteiger partial charge >= 0.3 is 0 Å². The zero-order valence-electron chi connectivity index (χ0n) is 20.1. The van der Waals surface area contributed by atoms with Gasteiger partial charge < -0.3 is 29.4 Å². The zero-order valence-corrected chi connectivity index (χ0v) is 20.1. The van der Waals surface area contributed by atoms with Gasteiger partial charge in [0.05, 0.1) is 12.7 Å². The Bertz CT molecular complexity index is 1070. The molecule has 0 amide bonds. The number of carbonyl (C=O) groups is 1. The van der Waals surface area contributed by atoms with Crippen molar-refractivity contribution in [1.29, 1.82) is 0 Å². The van der Waals surface area contributed by atoms with Crippen LogP contribution in [0.3, 0.4) is 0 Å². The number of nitrogens with one attached hydrogen (secondary N) is 1. The van der Waals surface area contributed by atoms with Crippen LogP contribution in [0.2, 0.25) is 0 Å². The fourth-order valence-electron chi connectivity index (χ4n) is 4.41. The van der Waals surface area contributed by atoms with Crippen LogP contribution in [0.4, 0.5) is 0 Å². The third-order valence-electron chi connectivity index (χ3n) is 6.33. The van der Waals surface area contributed by atoms with Crippen molar-refractivity contribution in [2.45, 2.75) is 57.2 Å². The number of hydrogen-bond acceptors (Lipinski definition) is 7. The summed E-state index contributed by atoms with van der Waals surface area (Å²) in [6, 6.07) is 14.2. The smallest absolute Gasteiger partial charge is 0.137 e. The Morgan fingerprint density at radius 2 is 1.89 bits per heavy atom. The molecule has 188 valence electrons. The van der Waals surface area contributed by atoms with Crippen molar-refractivity contribution in [3.63, 3.8) is 0 Å². The van der Waals surface area contributed by atoms with E-state index in [1.807, 2.05) is 24.3 Å². The number of carbonyl (C=O) groups excluding carboxylic acids is 1. The van der Waals surface area contributed by atoms with E-state index in [-0.39, 0.29) is 11.5 Å². The van der Waals surface area contributed by atoms with Crippen LogP contribution in [-0.4, -0.2) is 48.4 Å². The molecule has 35 heavy (non-hydrogen) atoms. The topological polar surface area (TPSA) is 101 Å². The number of aromatic hydroxyl groups is 1. The van der Waals surface area contributed by atoms with Gasteiger partial charge in [-0.25, -0.2) is 0 Å². The number of aliphatic hydroxyl groups is 1. The normalized spacial score (nSPS) is 15.0. The summed E-state index contributed by atoms with van der Waals surface area (Å²) in [7, 11) is 0. The van der Waals surface area contributed by atoms with E-state index < -0.39 is 6.10 Å². The van der Waals surface area contributed by atoms with Gasteiger partial charge in [-0.15, -0.1) is 0 Å². The van der Waals surface area contributed by atoms with Gasteiger partial charge in [0.15, 0.2) is 0 Å². The largest absolute Gasteiger partial charge is 0.508 e. The van der Waals surface area contributed by atoms with Gasteiger partial charge in [-0.2, -0.15) is 0 Å². The highest BCUT2D eigenvalue weighted by atomic mass is 16.5. The van der Waals surface area contributed by atoms with Gasteiger partial charge in [0.25, 0.3) is 0 Å². The number of furan rings is 1. The maximum absolute atomic E-state index is 12.1. The molecule has 1 aromatic heterocycles. The van der Waals surface area contributed by atoms with Crippen LogP contribution < -0.4 is 10.1 Å². The van der Waals surface area contributed by atoms with E-state index in [2.05, 4.69) is 5.32 Å². The second-order valence-electron chi connectivity index (χ2n) is 9.18. The van der Waals surface area contributed by atoms with Crippen LogP contribution in [0, 0.1) is 0 Å². The predicted molar refractivity (Wildman–Crippen MR) is 134 cm³/mol. The Morgan fingerprint density at radius 3 is 2.69 bits per heavy atom. The first-order valence-electron chi connectivity index (χ1n) is 12.5. The summed E-state index contributed by atoms with van der Waals surface area (Å²) in [6.45, 7) is 2.07. The second-order valence-corrected chi connectivity index (χ2v) is 9.18. The molecule has 7 heteroatoms. The molecular formula is C28H35NO6. The van der Waals surface area contributed by atoms with E-state index >= 15 is 0 Å². The summed E-state index contributed by atoms with van der Waals surface area (Å²) >= 11 is 0. The first kappa shape index (κ1) is 25.2. The number of fused-ring (bicyclic) bond motifs is 1. The van der Waals surface area contributed by atoms with Crippen LogP contribution in [-0.2, 0) is 16.0 Å². The first-order valence-corrected chi connectivity index (χ1v) is 12.5. The third-order valence-corrected chi connectivity index (χ3v) is 6.33. The molecule has 0 bridgehead atoms. The molecule has 1 saturated carbocycles. The molecule has 1 aliphatic rings. The number of phenolic OH excluding ortho intramolecular Hbond substituents is 1. The molecule has 4 rings (SSSR count). The minimum Gasteiger partial charge on any atom is -0.508 e. The second kappa shape index (κ2) is 12.7. The average molecular weight is 482 g/mol. The van der Waals surface area contributed by atoms with E-state index in [9.17, 15) is 15.0 Å². The lowest BCUT2D eigenvalue weighted by atomic mass is 10.1. The molecule has 1 heterocycles. The highest BCUT2D eigenvalue weighted by Gasteiger charge is 2.16. The fraction of sp³-hybridized carbons (Fsp3) is 0.464. The van der Waals surface area contributed by atoms with Crippen LogP contribution in [0.5, 0.6) is 11.5 Å². The highest BCUT2D eigenvalue weighted by molar-refractivity contribution is 5.81. The molecule has 0 spiro atoms. The molecule has 2 aromatic carbocycles. The lowest BCUT2D eigenvalue weighted by Crippen LogP contribution is -2.23. The van der Waals surface area contributed by atoms with E-state index in [0.717, 1.165) is 29.5 Å². The van der Waals surface area contributed by atoms with E-state index in [1.165, 1.54) is 12.8 Å². The molecule has 0 saturated heterocycles. The molecule has 0 aliphatic heterocycles. The fourth-order valence-corrected chi connectivity index (χ4v) is 4.41. The minimum atomic E-state index is -0.778. The highest BCUT2D eigenvalue weighted by Crippen LogP contribution is 2.27. The monoisotopic (exact) mass is 481 g/mol. The molecule has 3 N–H and O–H groups in total. The SMILES string of the molecule is O=C(CCCNCC(O)c1cc2cc(OCCOC3CCCC3)ccc2o1)Cc1ccc(O)cc1. The van der Waals surface area contributed by atoms with Crippen LogP contribution in [0.25, 0.3) is 11.0 Å². The van der Waals surface area contributed by atoms with Gasteiger partial charge in [0, 0.05) is 24.8 Å². The van der Waals surface area contributed by atoms with Crippen molar-refractivity contribution in [2.75, 3.05) is 26.3 Å². The van der Waals surface area contributed by atoms with Crippen molar-refractivity contribution in [3.8, 4) is 11.5 Å². The predicted octanol–water partition coefficient (Wildman–Crippen LogP) is 4.69. The average Bonchev–Trinajstić information content (AvgIpc) is 3.52. The number of ether oxygens (including phenoxy) is 2. The van der Waals surface area contributed by atoms with Gasteiger partial charge in [-0.3, -0.25) is 4.79 Å². The molecular weight excluding hydrogens is 446 g/mol. The number of aliphatic hydroxyl groups excluding tert-OH is 1. The Hall–Kier alpha value is -2.87. The van der Waals surface area contributed by atoms with E-state index in [0.29, 0.717) is 63.0 Å². The standard InChI is InChI=1S/C28H35NO6/c30-22-9-7-20(8-10-22)16-23(31)4-3-13-29-19-26(32)28-18-21-17-25(11-12-27(21)35-28)34-15-14-33-24-5-1-2-6-24/h7-12,17-18,24,26,29-30,32H,1-6,13-16,19H2. The summed E-state index contributed by atoms with van der Waals surface area (Å²) in [6.07, 6.45) is 5.94. The zero-order chi connectivity index (χ0) is 24.5. The Balaban J connectivity index is 1.14. The lowest BCUT2D eigenvalue weighted by Gasteiger charge is -2.11. The first-order chi connectivity index (χ1) is 17.1. The quantitative estimate of drug-likeness (QED) is 0.287. The van der Waals surface area contributed by atoms with Gasteiger partial charge in [0.2, 0.25) is 0 Å². The minimum absolute atomic E-state index is 0.151. The van der Waals surface area contributed by atoms with Crippen LogP contribution >= 0.6 is 0 Å². The van der Waals surface area contributed by atoms with Crippen molar-refractivity contribution in [2.24, 2.45) is 0 Å². The van der Waals surface area contributed by atoms with E-state index in [4.69, 9.17) is 13.9 Å².